The molecule has 11 nitrogen and oxygen atoms in total. The van der Waals surface area contributed by atoms with Crippen molar-refractivity contribution < 1.29 is 37.0 Å². The second kappa shape index (κ2) is 15.2. The van der Waals surface area contributed by atoms with Gasteiger partial charge >= 0.3 is 5.97 Å². The van der Waals surface area contributed by atoms with Crippen LogP contribution in [-0.4, -0.2) is 51.2 Å². The standard InChI is InChI=1S/C35H32N2O9S2/c1-22-6-16-27(17-7-22)48(42,43)37-29(35(40)41)21-36-31(38)20-23-8-12-25(13-9-23)44-18-19-45-34-32(39)28-4-2-3-5-30(28)46-33(34)24-10-14-26(47)15-11-24/h2-17,29,37,47H,18-21H2,1H3,(H,36,38)(H,40,41). The van der Waals surface area contributed by atoms with Gasteiger partial charge in [0.2, 0.25) is 27.1 Å². The minimum Gasteiger partial charge on any atom is -0.490 e. The monoisotopic (exact) mass is 688 g/mol. The van der Waals surface area contributed by atoms with Crippen LogP contribution in [0.3, 0.4) is 0 Å². The van der Waals surface area contributed by atoms with E-state index in [4.69, 9.17) is 13.9 Å². The smallest absolute Gasteiger partial charge is 0.323 e. The number of hydrogen-bond donors (Lipinski definition) is 4. The van der Waals surface area contributed by atoms with Crippen LogP contribution in [0.2, 0.25) is 0 Å². The van der Waals surface area contributed by atoms with Crippen molar-refractivity contribution in [1.29, 1.82) is 0 Å². The highest BCUT2D eigenvalue weighted by atomic mass is 32.2. The summed E-state index contributed by atoms with van der Waals surface area (Å²) < 4.78 is 45.1. The highest BCUT2D eigenvalue weighted by Gasteiger charge is 2.26. The van der Waals surface area contributed by atoms with Crippen LogP contribution >= 0.6 is 12.6 Å². The first-order valence-electron chi connectivity index (χ1n) is 14.8. The van der Waals surface area contributed by atoms with Gasteiger partial charge < -0.3 is 24.3 Å². The highest BCUT2D eigenvalue weighted by Crippen LogP contribution is 2.31. The minimum absolute atomic E-state index is 0.0450. The van der Waals surface area contributed by atoms with Crippen molar-refractivity contribution in [2.75, 3.05) is 19.8 Å². The summed E-state index contributed by atoms with van der Waals surface area (Å²) in [6.07, 6.45) is -0.0742. The molecule has 5 rings (SSSR count). The molecule has 0 spiro atoms. The maximum absolute atomic E-state index is 13.3. The van der Waals surface area contributed by atoms with Crippen molar-refractivity contribution in [3.63, 3.8) is 0 Å². The molecule has 0 aliphatic carbocycles. The lowest BCUT2D eigenvalue weighted by molar-refractivity contribution is -0.138. The quantitative estimate of drug-likeness (QED) is 0.0965. The molecule has 48 heavy (non-hydrogen) atoms. The van der Waals surface area contributed by atoms with E-state index in [1.54, 1.807) is 91.9 Å². The second-order valence-electron chi connectivity index (χ2n) is 10.8. The zero-order valence-electron chi connectivity index (χ0n) is 25.7. The fraction of sp³-hybridized carbons (Fsp3) is 0.171. The molecule has 13 heteroatoms. The Hall–Kier alpha value is -5.11. The lowest BCUT2D eigenvalue weighted by atomic mass is 10.1. The molecule has 1 heterocycles. The van der Waals surface area contributed by atoms with Crippen LogP contribution in [0, 0.1) is 6.92 Å². The van der Waals surface area contributed by atoms with E-state index in [0.29, 0.717) is 33.6 Å². The molecule has 0 aliphatic rings. The molecule has 0 bridgehead atoms. The fourth-order valence-corrected chi connectivity index (χ4v) is 6.02. The zero-order chi connectivity index (χ0) is 34.3. The number of amides is 1. The minimum atomic E-state index is -4.11. The Morgan fingerprint density at radius 3 is 2.25 bits per heavy atom. The number of sulfonamides is 1. The molecule has 0 fully saturated rings. The Labute approximate surface area is 282 Å². The lowest BCUT2D eigenvalue weighted by Crippen LogP contribution is -2.48. The number of carboxylic acid groups (broad SMARTS) is 1. The van der Waals surface area contributed by atoms with Crippen LogP contribution in [0.4, 0.5) is 0 Å². The van der Waals surface area contributed by atoms with Gasteiger partial charge in [0.25, 0.3) is 0 Å². The first-order valence-corrected chi connectivity index (χ1v) is 16.7. The number of carbonyl (C=O) groups is 2. The van der Waals surface area contributed by atoms with E-state index in [9.17, 15) is 27.9 Å². The third-order valence-corrected chi connectivity index (χ3v) is 8.99. The maximum atomic E-state index is 13.3. The van der Waals surface area contributed by atoms with Crippen LogP contribution in [0.25, 0.3) is 22.3 Å². The molecule has 248 valence electrons. The van der Waals surface area contributed by atoms with Crippen LogP contribution in [0.5, 0.6) is 11.5 Å². The number of ether oxygens (including phenoxy) is 2. The summed E-state index contributed by atoms with van der Waals surface area (Å²) in [5, 5.41) is 12.4. The van der Waals surface area contributed by atoms with Gasteiger partial charge in [0.1, 0.15) is 30.6 Å². The largest absolute Gasteiger partial charge is 0.490 e. The normalized spacial score (nSPS) is 12.0. The highest BCUT2D eigenvalue weighted by molar-refractivity contribution is 7.89. The Balaban J connectivity index is 1.14. The van der Waals surface area contributed by atoms with Crippen molar-refractivity contribution in [2.45, 2.75) is 29.2 Å². The summed E-state index contributed by atoms with van der Waals surface area (Å²) in [6.45, 7) is 1.50. The molecule has 5 aromatic rings. The number of carbonyl (C=O) groups excluding carboxylic acids is 1. The molecule has 0 aliphatic heterocycles. The number of para-hydroxylation sites is 1. The van der Waals surface area contributed by atoms with Crippen molar-refractivity contribution >= 4 is 45.5 Å². The van der Waals surface area contributed by atoms with Crippen molar-refractivity contribution in [2.24, 2.45) is 0 Å². The summed E-state index contributed by atoms with van der Waals surface area (Å²) in [6, 6.07) is 25.1. The molecular weight excluding hydrogens is 657 g/mol. The van der Waals surface area contributed by atoms with E-state index in [-0.39, 0.29) is 35.7 Å². The number of thiol groups is 1. The molecular formula is C35H32N2O9S2. The topological polar surface area (TPSA) is 161 Å². The third-order valence-electron chi connectivity index (χ3n) is 7.20. The van der Waals surface area contributed by atoms with Crippen LogP contribution in [-0.2, 0) is 26.0 Å². The van der Waals surface area contributed by atoms with Crippen LogP contribution in [0.15, 0.2) is 116 Å². The molecule has 3 N–H and O–H groups in total. The van der Waals surface area contributed by atoms with Crippen molar-refractivity contribution in [3.05, 3.63) is 118 Å². The number of carboxylic acids is 1. The van der Waals surface area contributed by atoms with E-state index < -0.39 is 34.5 Å². The van der Waals surface area contributed by atoms with Crippen LogP contribution < -0.4 is 24.9 Å². The molecule has 1 atom stereocenters. The Morgan fingerprint density at radius 1 is 0.896 bits per heavy atom. The average molecular weight is 689 g/mol. The second-order valence-corrected chi connectivity index (χ2v) is 13.0. The Kier molecular flexibility index (Phi) is 10.8. The Morgan fingerprint density at radius 2 is 1.56 bits per heavy atom. The number of hydrogen-bond acceptors (Lipinski definition) is 9. The summed E-state index contributed by atoms with van der Waals surface area (Å²) in [5.41, 5.74) is 2.27. The Bertz CT molecular complexity index is 2080. The number of aliphatic carboxylic acids is 1. The van der Waals surface area contributed by atoms with Gasteiger partial charge in [-0.2, -0.15) is 4.72 Å². The number of rotatable bonds is 14. The van der Waals surface area contributed by atoms with E-state index in [1.165, 1.54) is 12.1 Å². The van der Waals surface area contributed by atoms with Gasteiger partial charge in [-0.25, -0.2) is 8.42 Å². The van der Waals surface area contributed by atoms with E-state index in [2.05, 4.69) is 22.7 Å². The molecule has 1 unspecified atom stereocenters. The lowest BCUT2D eigenvalue weighted by Gasteiger charge is -2.16. The van der Waals surface area contributed by atoms with Gasteiger partial charge in [0.05, 0.1) is 16.7 Å². The van der Waals surface area contributed by atoms with Gasteiger partial charge in [-0.3, -0.25) is 14.4 Å². The number of fused-ring (bicyclic) bond motifs is 1. The van der Waals surface area contributed by atoms with Crippen molar-refractivity contribution in [3.8, 4) is 22.8 Å². The third kappa shape index (κ3) is 8.62. The van der Waals surface area contributed by atoms with Gasteiger partial charge in [0.15, 0.2) is 5.76 Å². The van der Waals surface area contributed by atoms with Gasteiger partial charge in [0, 0.05) is 17.0 Å². The predicted molar refractivity (Wildman–Crippen MR) is 182 cm³/mol. The van der Waals surface area contributed by atoms with Gasteiger partial charge in [-0.05, 0) is 73.2 Å². The van der Waals surface area contributed by atoms with Gasteiger partial charge in [-0.1, -0.05) is 42.0 Å². The fourth-order valence-electron chi connectivity index (χ4n) is 4.68. The van der Waals surface area contributed by atoms with E-state index in [1.807, 2.05) is 0 Å². The van der Waals surface area contributed by atoms with Crippen LogP contribution in [0.1, 0.15) is 11.1 Å². The molecule has 4 aromatic carbocycles. The molecule has 0 saturated heterocycles. The summed E-state index contributed by atoms with van der Waals surface area (Å²) in [5.74, 6) is -1.06. The zero-order valence-corrected chi connectivity index (χ0v) is 27.4. The predicted octanol–water partition coefficient (Wildman–Crippen LogP) is 4.61. The summed E-state index contributed by atoms with van der Waals surface area (Å²) in [7, 11) is -4.11. The molecule has 1 amide bonds. The van der Waals surface area contributed by atoms with E-state index in [0.717, 1.165) is 10.5 Å². The maximum Gasteiger partial charge on any atom is 0.323 e. The molecule has 1 aromatic heterocycles. The van der Waals surface area contributed by atoms with Crippen molar-refractivity contribution in [1.82, 2.24) is 10.0 Å². The average Bonchev–Trinajstić information content (AvgIpc) is 3.07. The summed E-state index contributed by atoms with van der Waals surface area (Å²) in [4.78, 5) is 38.2. The summed E-state index contributed by atoms with van der Waals surface area (Å²) >= 11 is 4.32. The SMILES string of the molecule is Cc1ccc(S(=O)(=O)NC(CNC(=O)Cc2ccc(OCCOc3c(-c4ccc(S)cc4)oc4ccccc4c3=O)cc2)C(=O)O)cc1. The van der Waals surface area contributed by atoms with E-state index >= 15 is 0 Å². The first kappa shape index (κ1) is 34.2. The first-order chi connectivity index (χ1) is 23.0. The molecule has 0 saturated carbocycles. The molecule has 0 radical (unpaired) electrons. The van der Waals surface area contributed by atoms with Gasteiger partial charge in [-0.15, -0.1) is 12.6 Å². The number of nitrogens with one attached hydrogen (secondary N) is 2. The number of benzene rings is 4. The number of aryl methyl sites for hydroxylation is 1.